The topological polar surface area (TPSA) is 12.0 Å². The van der Waals surface area contributed by atoms with Gasteiger partial charge in [-0.1, -0.05) is 19.1 Å². The molecule has 0 fully saturated rings. The number of hydrogen-bond acceptors (Lipinski definition) is 1. The maximum Gasteiger partial charge on any atom is 0.123 e. The highest BCUT2D eigenvalue weighted by Gasteiger charge is 2.07. The Bertz CT molecular complexity index is 337. The molecular formula is C14H18FN. The predicted molar refractivity (Wildman–Crippen MR) is 65.5 cm³/mol. The van der Waals surface area contributed by atoms with Crippen molar-refractivity contribution in [3.63, 3.8) is 0 Å². The molecule has 1 aromatic rings. The van der Waals surface area contributed by atoms with Crippen LogP contribution in [0, 0.1) is 18.2 Å². The second kappa shape index (κ2) is 7.03. The van der Waals surface area contributed by atoms with Gasteiger partial charge in [0.15, 0.2) is 0 Å². The molecule has 0 saturated heterocycles. The minimum absolute atomic E-state index is 0.189. The minimum atomic E-state index is -0.189. The maximum atomic E-state index is 12.8. The normalized spacial score (nSPS) is 12.1. The molecule has 1 rings (SSSR count). The van der Waals surface area contributed by atoms with Crippen LogP contribution in [-0.4, -0.2) is 6.54 Å². The largest absolute Gasteiger partial charge is 0.310 e. The second-order valence-electron chi connectivity index (χ2n) is 3.77. The summed E-state index contributed by atoms with van der Waals surface area (Å²) in [5.41, 5.74) is 1.13. The number of unbranched alkanes of at least 4 members (excludes halogenated alkanes) is 1. The highest BCUT2D eigenvalue weighted by molar-refractivity contribution is 5.19. The third kappa shape index (κ3) is 4.04. The van der Waals surface area contributed by atoms with E-state index in [1.165, 1.54) is 12.1 Å². The standard InChI is InChI=1S/C14H18FN/c1-3-5-6-11-16-14(4-2)12-7-9-13(15)10-8-12/h1,7-10,14,16H,4-6,11H2,2H3. The molecular weight excluding hydrogens is 201 g/mol. The van der Waals surface area contributed by atoms with Crippen molar-refractivity contribution in [1.29, 1.82) is 0 Å². The second-order valence-corrected chi connectivity index (χ2v) is 3.77. The Morgan fingerprint density at radius 1 is 1.38 bits per heavy atom. The summed E-state index contributed by atoms with van der Waals surface area (Å²) in [6.45, 7) is 3.02. The number of hydrogen-bond donors (Lipinski definition) is 1. The first-order chi connectivity index (χ1) is 7.77. The quantitative estimate of drug-likeness (QED) is 0.572. The maximum absolute atomic E-state index is 12.8. The van der Waals surface area contributed by atoms with Gasteiger partial charge < -0.3 is 5.32 Å². The van der Waals surface area contributed by atoms with Gasteiger partial charge in [0, 0.05) is 12.5 Å². The van der Waals surface area contributed by atoms with Crippen molar-refractivity contribution >= 4 is 0 Å². The van der Waals surface area contributed by atoms with Crippen LogP contribution >= 0.6 is 0 Å². The van der Waals surface area contributed by atoms with Crippen molar-refractivity contribution < 1.29 is 4.39 Å². The van der Waals surface area contributed by atoms with E-state index in [0.717, 1.165) is 31.4 Å². The van der Waals surface area contributed by atoms with Crippen molar-refractivity contribution in [2.45, 2.75) is 32.2 Å². The fraction of sp³-hybridized carbons (Fsp3) is 0.429. The fourth-order valence-corrected chi connectivity index (χ4v) is 1.66. The molecule has 1 aromatic carbocycles. The summed E-state index contributed by atoms with van der Waals surface area (Å²) in [7, 11) is 0. The number of benzene rings is 1. The molecule has 0 heterocycles. The molecule has 0 aliphatic heterocycles. The van der Waals surface area contributed by atoms with E-state index >= 15 is 0 Å². The highest BCUT2D eigenvalue weighted by atomic mass is 19.1. The van der Waals surface area contributed by atoms with E-state index in [2.05, 4.69) is 18.2 Å². The van der Waals surface area contributed by atoms with Gasteiger partial charge in [-0.2, -0.15) is 0 Å². The zero-order valence-electron chi connectivity index (χ0n) is 9.67. The van der Waals surface area contributed by atoms with E-state index < -0.39 is 0 Å². The Kier molecular flexibility index (Phi) is 5.60. The van der Waals surface area contributed by atoms with Crippen molar-refractivity contribution in [3.8, 4) is 12.3 Å². The van der Waals surface area contributed by atoms with Gasteiger partial charge in [0.1, 0.15) is 5.82 Å². The van der Waals surface area contributed by atoms with Gasteiger partial charge in [-0.15, -0.1) is 12.3 Å². The van der Waals surface area contributed by atoms with E-state index in [1.54, 1.807) is 0 Å². The van der Waals surface area contributed by atoms with Gasteiger partial charge in [-0.3, -0.25) is 0 Å². The molecule has 0 spiro atoms. The first-order valence-corrected chi connectivity index (χ1v) is 5.70. The molecule has 0 saturated carbocycles. The lowest BCUT2D eigenvalue weighted by atomic mass is 10.0. The third-order valence-corrected chi connectivity index (χ3v) is 2.57. The fourth-order valence-electron chi connectivity index (χ4n) is 1.66. The molecule has 0 aliphatic rings. The van der Waals surface area contributed by atoms with Gasteiger partial charge in [0.25, 0.3) is 0 Å². The average Bonchev–Trinajstić information content (AvgIpc) is 2.31. The summed E-state index contributed by atoms with van der Waals surface area (Å²) in [5, 5.41) is 3.42. The van der Waals surface area contributed by atoms with Crippen LogP contribution in [-0.2, 0) is 0 Å². The molecule has 86 valence electrons. The molecule has 1 atom stereocenters. The SMILES string of the molecule is C#CCCCNC(CC)c1ccc(F)cc1. The van der Waals surface area contributed by atoms with E-state index in [9.17, 15) is 4.39 Å². The number of terminal acetylenes is 1. The van der Waals surface area contributed by atoms with Gasteiger partial charge in [-0.05, 0) is 37.1 Å². The smallest absolute Gasteiger partial charge is 0.123 e. The average molecular weight is 219 g/mol. The van der Waals surface area contributed by atoms with E-state index in [0.29, 0.717) is 6.04 Å². The van der Waals surface area contributed by atoms with E-state index in [-0.39, 0.29) is 5.82 Å². The van der Waals surface area contributed by atoms with Gasteiger partial charge in [0.2, 0.25) is 0 Å². The summed E-state index contributed by atoms with van der Waals surface area (Å²) in [4.78, 5) is 0. The zero-order chi connectivity index (χ0) is 11.8. The molecule has 0 aliphatic carbocycles. The van der Waals surface area contributed by atoms with E-state index in [4.69, 9.17) is 6.42 Å². The Labute approximate surface area is 97.1 Å². The van der Waals surface area contributed by atoms with Crippen LogP contribution in [0.2, 0.25) is 0 Å². The monoisotopic (exact) mass is 219 g/mol. The first-order valence-electron chi connectivity index (χ1n) is 5.70. The number of halogens is 1. The van der Waals surface area contributed by atoms with Crippen LogP contribution in [0.5, 0.6) is 0 Å². The Hall–Kier alpha value is -1.33. The van der Waals surface area contributed by atoms with Crippen LogP contribution in [0.1, 0.15) is 37.8 Å². The summed E-state index contributed by atoms with van der Waals surface area (Å²) in [6, 6.07) is 6.95. The third-order valence-electron chi connectivity index (χ3n) is 2.57. The van der Waals surface area contributed by atoms with Crippen LogP contribution in [0.3, 0.4) is 0 Å². The molecule has 1 nitrogen and oxygen atoms in total. The summed E-state index contributed by atoms with van der Waals surface area (Å²) in [5.74, 6) is 2.43. The lowest BCUT2D eigenvalue weighted by Gasteiger charge is -2.17. The Morgan fingerprint density at radius 3 is 2.62 bits per heavy atom. The molecule has 0 amide bonds. The highest BCUT2D eigenvalue weighted by Crippen LogP contribution is 2.16. The molecule has 1 N–H and O–H groups in total. The molecule has 1 unspecified atom stereocenters. The molecule has 0 radical (unpaired) electrons. The molecule has 0 aromatic heterocycles. The minimum Gasteiger partial charge on any atom is -0.310 e. The Morgan fingerprint density at radius 2 is 2.06 bits per heavy atom. The summed E-state index contributed by atoms with van der Waals surface area (Å²) >= 11 is 0. The lowest BCUT2D eigenvalue weighted by molar-refractivity contribution is 0.512. The van der Waals surface area contributed by atoms with Crippen LogP contribution in [0.25, 0.3) is 0 Å². The molecule has 0 bridgehead atoms. The van der Waals surface area contributed by atoms with Crippen molar-refractivity contribution in [2.75, 3.05) is 6.54 Å². The summed E-state index contributed by atoms with van der Waals surface area (Å²) in [6.07, 6.45) is 7.95. The van der Waals surface area contributed by atoms with Crippen LogP contribution in [0.15, 0.2) is 24.3 Å². The summed E-state index contributed by atoms with van der Waals surface area (Å²) < 4.78 is 12.8. The van der Waals surface area contributed by atoms with Crippen molar-refractivity contribution in [1.82, 2.24) is 5.32 Å². The predicted octanol–water partition coefficient (Wildman–Crippen LogP) is 3.28. The number of nitrogens with one attached hydrogen (secondary N) is 1. The number of rotatable bonds is 6. The Balaban J connectivity index is 2.48. The van der Waals surface area contributed by atoms with Crippen LogP contribution < -0.4 is 5.32 Å². The lowest BCUT2D eigenvalue weighted by Crippen LogP contribution is -2.21. The zero-order valence-corrected chi connectivity index (χ0v) is 9.67. The van der Waals surface area contributed by atoms with Gasteiger partial charge >= 0.3 is 0 Å². The van der Waals surface area contributed by atoms with Gasteiger partial charge in [0.05, 0.1) is 0 Å². The first kappa shape index (κ1) is 12.7. The molecule has 2 heteroatoms. The van der Waals surface area contributed by atoms with Crippen molar-refractivity contribution in [3.05, 3.63) is 35.6 Å². The van der Waals surface area contributed by atoms with Gasteiger partial charge in [-0.25, -0.2) is 4.39 Å². The van der Waals surface area contributed by atoms with Crippen LogP contribution in [0.4, 0.5) is 4.39 Å². The molecule has 16 heavy (non-hydrogen) atoms. The van der Waals surface area contributed by atoms with Crippen molar-refractivity contribution in [2.24, 2.45) is 0 Å². The van der Waals surface area contributed by atoms with E-state index in [1.807, 2.05) is 12.1 Å².